The highest BCUT2D eigenvalue weighted by Crippen LogP contribution is 2.38. The van der Waals surface area contributed by atoms with E-state index in [-0.39, 0.29) is 0 Å². The molecule has 0 amide bonds. The molecule has 0 atom stereocenters. The van der Waals surface area contributed by atoms with E-state index in [1.165, 1.54) is 6.92 Å². The second-order valence-electron chi connectivity index (χ2n) is 3.90. The summed E-state index contributed by atoms with van der Waals surface area (Å²) in [5.74, 6) is 0.0248. The van der Waals surface area contributed by atoms with Crippen LogP contribution in [0.5, 0.6) is 5.75 Å². The van der Waals surface area contributed by atoms with Crippen LogP contribution in [0.15, 0.2) is 42.5 Å². The Bertz CT molecular complexity index is 594. The van der Waals surface area contributed by atoms with Crippen LogP contribution in [0.2, 0.25) is 0 Å². The summed E-state index contributed by atoms with van der Waals surface area (Å²) < 4.78 is 5.16. The maximum absolute atomic E-state index is 11.1. The fourth-order valence-electron chi connectivity index (χ4n) is 1.80. The van der Waals surface area contributed by atoms with Gasteiger partial charge in [0.1, 0.15) is 5.75 Å². The van der Waals surface area contributed by atoms with Crippen molar-refractivity contribution in [2.75, 3.05) is 11.5 Å². The highest BCUT2D eigenvalue weighted by atomic mass is 16.5. The number of anilines is 2. The van der Waals surface area contributed by atoms with Crippen LogP contribution in [-0.4, -0.2) is 5.97 Å². The Labute approximate surface area is 105 Å². The number of rotatable bonds is 2. The molecule has 4 heteroatoms. The number of nitrogens with two attached hydrogens (primary N) is 2. The van der Waals surface area contributed by atoms with Crippen molar-refractivity contribution in [1.29, 1.82) is 0 Å². The summed E-state index contributed by atoms with van der Waals surface area (Å²) in [6.07, 6.45) is 0. The molecule has 0 unspecified atom stereocenters. The van der Waals surface area contributed by atoms with Crippen molar-refractivity contribution in [3.05, 3.63) is 42.5 Å². The van der Waals surface area contributed by atoms with Gasteiger partial charge < -0.3 is 16.2 Å². The molecule has 4 N–H and O–H groups in total. The normalized spacial score (nSPS) is 10.1. The molecule has 92 valence electrons. The highest BCUT2D eigenvalue weighted by Gasteiger charge is 2.13. The van der Waals surface area contributed by atoms with Crippen LogP contribution >= 0.6 is 0 Å². The molecule has 0 heterocycles. The lowest BCUT2D eigenvalue weighted by molar-refractivity contribution is -0.131. The largest absolute Gasteiger partial charge is 0.426 e. The van der Waals surface area contributed by atoms with Gasteiger partial charge in [-0.15, -0.1) is 0 Å². The van der Waals surface area contributed by atoms with Gasteiger partial charge in [-0.25, -0.2) is 0 Å². The van der Waals surface area contributed by atoms with Crippen molar-refractivity contribution < 1.29 is 9.53 Å². The Balaban J connectivity index is 2.62. The topological polar surface area (TPSA) is 78.3 Å². The summed E-state index contributed by atoms with van der Waals surface area (Å²) >= 11 is 0. The number of hydrogen-bond donors (Lipinski definition) is 2. The van der Waals surface area contributed by atoms with Gasteiger partial charge in [0, 0.05) is 29.4 Å². The molecule has 0 aromatic heterocycles. The molecular formula is C14H14N2O2. The third-order valence-corrected chi connectivity index (χ3v) is 2.54. The van der Waals surface area contributed by atoms with Crippen LogP contribution < -0.4 is 16.2 Å². The Kier molecular flexibility index (Phi) is 3.19. The van der Waals surface area contributed by atoms with Crippen LogP contribution in [-0.2, 0) is 4.79 Å². The fourth-order valence-corrected chi connectivity index (χ4v) is 1.80. The third kappa shape index (κ3) is 2.27. The Morgan fingerprint density at radius 1 is 1.00 bits per heavy atom. The average molecular weight is 242 g/mol. The van der Waals surface area contributed by atoms with Crippen molar-refractivity contribution in [3.8, 4) is 16.9 Å². The number of carbonyl (C=O) groups excluding carboxylic acids is 1. The van der Waals surface area contributed by atoms with Gasteiger partial charge in [0.05, 0.1) is 0 Å². The second-order valence-corrected chi connectivity index (χ2v) is 3.90. The standard InChI is InChI=1S/C14H14N2O2/c1-9(17)18-13-8-4-7-12(16)14(13)10-5-2-3-6-11(10)15/h2-8H,15-16H2,1H3. The van der Waals surface area contributed by atoms with Gasteiger partial charge in [-0.3, -0.25) is 4.79 Å². The molecule has 0 bridgehead atoms. The summed E-state index contributed by atoms with van der Waals surface area (Å²) in [6, 6.07) is 12.5. The number of carbonyl (C=O) groups is 1. The zero-order chi connectivity index (χ0) is 13.1. The quantitative estimate of drug-likeness (QED) is 0.481. The minimum Gasteiger partial charge on any atom is -0.426 e. The first-order valence-corrected chi connectivity index (χ1v) is 5.51. The second kappa shape index (κ2) is 4.79. The molecule has 0 fully saturated rings. The predicted octanol–water partition coefficient (Wildman–Crippen LogP) is 2.44. The molecule has 0 saturated carbocycles. The first-order chi connectivity index (χ1) is 8.59. The minimum atomic E-state index is -0.392. The van der Waals surface area contributed by atoms with Crippen LogP contribution in [0, 0.1) is 0 Å². The molecule has 4 nitrogen and oxygen atoms in total. The van der Waals surface area contributed by atoms with Gasteiger partial charge in [-0.1, -0.05) is 24.3 Å². The molecule has 0 aliphatic rings. The molecule has 2 aromatic rings. The Morgan fingerprint density at radius 2 is 1.67 bits per heavy atom. The van der Waals surface area contributed by atoms with Crippen molar-refractivity contribution in [3.63, 3.8) is 0 Å². The van der Waals surface area contributed by atoms with E-state index in [9.17, 15) is 4.79 Å². The number of nitrogen functional groups attached to an aromatic ring is 2. The van der Waals surface area contributed by atoms with E-state index in [0.29, 0.717) is 22.7 Å². The van der Waals surface area contributed by atoms with E-state index < -0.39 is 5.97 Å². The summed E-state index contributed by atoms with van der Waals surface area (Å²) in [5.41, 5.74) is 14.4. The monoisotopic (exact) mass is 242 g/mol. The number of hydrogen-bond acceptors (Lipinski definition) is 4. The van der Waals surface area contributed by atoms with Gasteiger partial charge in [-0.2, -0.15) is 0 Å². The van der Waals surface area contributed by atoms with E-state index in [2.05, 4.69) is 0 Å². The predicted molar refractivity (Wildman–Crippen MR) is 72.0 cm³/mol. The summed E-state index contributed by atoms with van der Waals surface area (Å²) in [5, 5.41) is 0. The maximum Gasteiger partial charge on any atom is 0.308 e. The average Bonchev–Trinajstić information content (AvgIpc) is 2.30. The molecule has 18 heavy (non-hydrogen) atoms. The molecule has 0 spiro atoms. The van der Waals surface area contributed by atoms with Gasteiger partial charge in [0.2, 0.25) is 0 Å². The van der Waals surface area contributed by atoms with E-state index >= 15 is 0 Å². The number of esters is 1. The first kappa shape index (κ1) is 12.0. The summed E-state index contributed by atoms with van der Waals surface area (Å²) in [4.78, 5) is 11.1. The summed E-state index contributed by atoms with van der Waals surface area (Å²) in [7, 11) is 0. The van der Waals surface area contributed by atoms with E-state index in [1.54, 1.807) is 24.3 Å². The fraction of sp³-hybridized carbons (Fsp3) is 0.0714. The Hall–Kier alpha value is -2.49. The lowest BCUT2D eigenvalue weighted by Crippen LogP contribution is -2.04. The smallest absolute Gasteiger partial charge is 0.308 e. The van der Waals surface area contributed by atoms with Crippen LogP contribution in [0.25, 0.3) is 11.1 Å². The molecule has 0 aliphatic carbocycles. The third-order valence-electron chi connectivity index (χ3n) is 2.54. The van der Waals surface area contributed by atoms with Crippen LogP contribution in [0.3, 0.4) is 0 Å². The number of ether oxygens (including phenoxy) is 1. The van der Waals surface area contributed by atoms with Gasteiger partial charge in [0.15, 0.2) is 0 Å². The highest BCUT2D eigenvalue weighted by molar-refractivity contribution is 5.89. The van der Waals surface area contributed by atoms with Crippen molar-refractivity contribution in [2.24, 2.45) is 0 Å². The van der Waals surface area contributed by atoms with Gasteiger partial charge in [-0.05, 0) is 18.2 Å². The maximum atomic E-state index is 11.1. The van der Waals surface area contributed by atoms with E-state index in [4.69, 9.17) is 16.2 Å². The SMILES string of the molecule is CC(=O)Oc1cccc(N)c1-c1ccccc1N. The van der Waals surface area contributed by atoms with Crippen molar-refractivity contribution in [2.45, 2.75) is 6.92 Å². The zero-order valence-corrected chi connectivity index (χ0v) is 10.0. The van der Waals surface area contributed by atoms with Crippen molar-refractivity contribution in [1.82, 2.24) is 0 Å². The Morgan fingerprint density at radius 3 is 2.33 bits per heavy atom. The van der Waals surface area contributed by atoms with Gasteiger partial charge >= 0.3 is 5.97 Å². The van der Waals surface area contributed by atoms with Crippen molar-refractivity contribution >= 4 is 17.3 Å². The van der Waals surface area contributed by atoms with E-state index in [1.807, 2.05) is 18.2 Å². The molecule has 0 aliphatic heterocycles. The minimum absolute atomic E-state index is 0.392. The summed E-state index contributed by atoms with van der Waals surface area (Å²) in [6.45, 7) is 1.35. The number of para-hydroxylation sites is 1. The van der Waals surface area contributed by atoms with Crippen LogP contribution in [0.1, 0.15) is 6.92 Å². The van der Waals surface area contributed by atoms with E-state index in [0.717, 1.165) is 5.56 Å². The lowest BCUT2D eigenvalue weighted by Gasteiger charge is -2.13. The molecule has 0 radical (unpaired) electrons. The molecule has 0 saturated heterocycles. The lowest BCUT2D eigenvalue weighted by atomic mass is 10.0. The zero-order valence-electron chi connectivity index (χ0n) is 10.0. The van der Waals surface area contributed by atoms with Gasteiger partial charge in [0.25, 0.3) is 0 Å². The number of benzene rings is 2. The van der Waals surface area contributed by atoms with Crippen LogP contribution in [0.4, 0.5) is 11.4 Å². The molecule has 2 aromatic carbocycles. The molecule has 2 rings (SSSR count). The first-order valence-electron chi connectivity index (χ1n) is 5.51. The molecular weight excluding hydrogens is 228 g/mol.